The minimum absolute atomic E-state index is 0.0371. The number of carbonyl (C=O) groups is 1. The summed E-state index contributed by atoms with van der Waals surface area (Å²) in [5.41, 5.74) is 1.47. The molecule has 26 heavy (non-hydrogen) atoms. The van der Waals surface area contributed by atoms with Crippen LogP contribution in [0.5, 0.6) is 0 Å². The molecule has 132 valence electrons. The van der Waals surface area contributed by atoms with E-state index in [0.717, 1.165) is 0 Å². The van der Waals surface area contributed by atoms with Crippen LogP contribution < -0.4 is 0 Å². The zero-order chi connectivity index (χ0) is 18.5. The van der Waals surface area contributed by atoms with Crippen LogP contribution in [0.1, 0.15) is 18.1 Å². The molecule has 1 aromatic heterocycles. The van der Waals surface area contributed by atoms with Gasteiger partial charge in [0, 0.05) is 5.57 Å². The van der Waals surface area contributed by atoms with Crippen LogP contribution in [-0.4, -0.2) is 32.8 Å². The van der Waals surface area contributed by atoms with E-state index >= 15 is 0 Å². The predicted molar refractivity (Wildman–Crippen MR) is 89.5 cm³/mol. The zero-order valence-corrected chi connectivity index (χ0v) is 13.8. The van der Waals surface area contributed by atoms with Crippen LogP contribution in [-0.2, 0) is 9.53 Å². The molecule has 0 bridgehead atoms. The number of hydrogen-bond acceptors (Lipinski definition) is 5. The van der Waals surface area contributed by atoms with Crippen LogP contribution in [0.25, 0.3) is 11.3 Å². The largest absolute Gasteiger partial charge is 0.461 e. The first-order valence-electron chi connectivity index (χ1n) is 7.76. The molecule has 0 aliphatic carbocycles. The second-order valence-electron chi connectivity index (χ2n) is 5.21. The fraction of sp³-hybridized carbons (Fsp3) is 0.111. The van der Waals surface area contributed by atoms with Crippen LogP contribution in [0.4, 0.5) is 8.78 Å². The van der Waals surface area contributed by atoms with Crippen molar-refractivity contribution in [2.75, 3.05) is 6.61 Å². The average molecular weight is 356 g/mol. The molecule has 6 nitrogen and oxygen atoms in total. The Morgan fingerprint density at radius 3 is 1.96 bits per heavy atom. The summed E-state index contributed by atoms with van der Waals surface area (Å²) in [6, 6.07) is 11.1. The molecule has 0 spiro atoms. The van der Waals surface area contributed by atoms with Gasteiger partial charge in [0.15, 0.2) is 5.70 Å². The third-order valence-electron chi connectivity index (χ3n) is 3.55. The van der Waals surface area contributed by atoms with Crippen molar-refractivity contribution in [2.45, 2.75) is 6.92 Å². The minimum Gasteiger partial charge on any atom is -0.461 e. The summed E-state index contributed by atoms with van der Waals surface area (Å²) >= 11 is 0. The number of hydrogen-bond donors (Lipinski definition) is 0. The highest BCUT2D eigenvalue weighted by Gasteiger charge is 2.23. The summed E-state index contributed by atoms with van der Waals surface area (Å²) < 4.78 is 33.0. The van der Waals surface area contributed by atoms with E-state index in [1.165, 1.54) is 59.5 Å². The van der Waals surface area contributed by atoms with Gasteiger partial charge in [-0.25, -0.2) is 13.6 Å². The quantitative estimate of drug-likeness (QED) is 0.519. The van der Waals surface area contributed by atoms with Gasteiger partial charge in [-0.2, -0.15) is 4.68 Å². The fourth-order valence-electron chi connectivity index (χ4n) is 2.45. The highest BCUT2D eigenvalue weighted by Crippen LogP contribution is 2.30. The Labute approximate surface area is 147 Å². The van der Waals surface area contributed by atoms with Gasteiger partial charge in [0.25, 0.3) is 0 Å². The summed E-state index contributed by atoms with van der Waals surface area (Å²) in [6.45, 7) is 1.81. The summed E-state index contributed by atoms with van der Waals surface area (Å²) in [5, 5.41) is 10.9. The van der Waals surface area contributed by atoms with Crippen molar-refractivity contribution in [3.05, 3.63) is 77.6 Å². The lowest BCUT2D eigenvalue weighted by Gasteiger charge is -2.15. The van der Waals surface area contributed by atoms with Gasteiger partial charge in [-0.15, -0.1) is 5.10 Å². The molecule has 8 heteroatoms. The maximum Gasteiger partial charge on any atom is 0.357 e. The number of aromatic nitrogens is 4. The Balaban J connectivity index is 2.30. The van der Waals surface area contributed by atoms with E-state index in [0.29, 0.717) is 16.7 Å². The molecule has 0 atom stereocenters. The zero-order valence-electron chi connectivity index (χ0n) is 13.8. The predicted octanol–water partition coefficient (Wildman–Crippen LogP) is 2.93. The Kier molecular flexibility index (Phi) is 5.12. The standard InChI is InChI=1S/C18H14F2N4O2/c1-2-26-18(25)17(24-11-21-22-23-24)16(12-3-7-14(19)8-4-12)13-5-9-15(20)10-6-13/h3-11H,2H2,1H3. The summed E-state index contributed by atoms with van der Waals surface area (Å²) in [4.78, 5) is 12.6. The third kappa shape index (κ3) is 3.64. The van der Waals surface area contributed by atoms with Crippen molar-refractivity contribution in [3.63, 3.8) is 0 Å². The van der Waals surface area contributed by atoms with Gasteiger partial charge in [0.2, 0.25) is 0 Å². The third-order valence-corrected chi connectivity index (χ3v) is 3.55. The normalized spacial score (nSPS) is 10.4. The first-order chi connectivity index (χ1) is 12.6. The van der Waals surface area contributed by atoms with Crippen LogP contribution >= 0.6 is 0 Å². The maximum atomic E-state index is 13.4. The van der Waals surface area contributed by atoms with Gasteiger partial charge in [-0.1, -0.05) is 24.3 Å². The van der Waals surface area contributed by atoms with E-state index in [-0.39, 0.29) is 12.3 Å². The molecule has 0 unspecified atom stereocenters. The van der Waals surface area contributed by atoms with Crippen molar-refractivity contribution in [2.24, 2.45) is 0 Å². The second kappa shape index (κ2) is 7.64. The first kappa shape index (κ1) is 17.4. The smallest absolute Gasteiger partial charge is 0.357 e. The van der Waals surface area contributed by atoms with Gasteiger partial charge >= 0.3 is 5.97 Å². The summed E-state index contributed by atoms with van der Waals surface area (Å²) in [5.74, 6) is -1.51. The Hall–Kier alpha value is -3.42. The number of esters is 1. The first-order valence-corrected chi connectivity index (χ1v) is 7.76. The molecule has 0 N–H and O–H groups in total. The van der Waals surface area contributed by atoms with Crippen molar-refractivity contribution >= 4 is 17.2 Å². The van der Waals surface area contributed by atoms with Gasteiger partial charge in [0.1, 0.15) is 18.0 Å². The molecule has 0 aliphatic heterocycles. The molecule has 0 aliphatic rings. The number of ether oxygens (including phenoxy) is 1. The molecule has 0 radical (unpaired) electrons. The van der Waals surface area contributed by atoms with Crippen LogP contribution in [0.15, 0.2) is 54.9 Å². The van der Waals surface area contributed by atoms with Crippen molar-refractivity contribution < 1.29 is 18.3 Å². The highest BCUT2D eigenvalue weighted by molar-refractivity contribution is 6.21. The molecular weight excluding hydrogens is 342 g/mol. The van der Waals surface area contributed by atoms with Crippen molar-refractivity contribution in [1.29, 1.82) is 0 Å². The van der Waals surface area contributed by atoms with Crippen LogP contribution in [0.3, 0.4) is 0 Å². The number of tetrazole rings is 1. The molecule has 0 saturated heterocycles. The highest BCUT2D eigenvalue weighted by atomic mass is 19.1. The second-order valence-corrected chi connectivity index (χ2v) is 5.21. The molecule has 0 amide bonds. The van der Waals surface area contributed by atoms with E-state index in [9.17, 15) is 13.6 Å². The Bertz CT molecular complexity index is 873. The maximum absolute atomic E-state index is 13.4. The number of benzene rings is 2. The average Bonchev–Trinajstić information content (AvgIpc) is 3.16. The SMILES string of the molecule is CCOC(=O)C(=C(c1ccc(F)cc1)c1ccc(F)cc1)n1cnnn1. The topological polar surface area (TPSA) is 69.9 Å². The van der Waals surface area contributed by atoms with Crippen LogP contribution in [0.2, 0.25) is 0 Å². The Morgan fingerprint density at radius 2 is 1.54 bits per heavy atom. The minimum atomic E-state index is -0.663. The number of carbonyl (C=O) groups excluding carboxylic acids is 1. The molecule has 0 fully saturated rings. The summed E-state index contributed by atoms with van der Waals surface area (Å²) in [7, 11) is 0. The van der Waals surface area contributed by atoms with E-state index in [2.05, 4.69) is 15.5 Å². The lowest BCUT2D eigenvalue weighted by Crippen LogP contribution is -2.16. The van der Waals surface area contributed by atoms with E-state index in [1.54, 1.807) is 6.92 Å². The number of rotatable bonds is 5. The van der Waals surface area contributed by atoms with E-state index in [4.69, 9.17) is 4.74 Å². The van der Waals surface area contributed by atoms with Gasteiger partial charge in [-0.3, -0.25) is 0 Å². The molecule has 2 aromatic carbocycles. The monoisotopic (exact) mass is 356 g/mol. The fourth-order valence-corrected chi connectivity index (χ4v) is 2.45. The molecular formula is C18H14F2N4O2. The number of halogens is 2. The molecule has 3 rings (SSSR count). The number of nitrogens with zero attached hydrogens (tertiary/aromatic N) is 4. The lowest BCUT2D eigenvalue weighted by molar-refractivity contribution is -0.136. The van der Waals surface area contributed by atoms with Gasteiger partial charge in [0.05, 0.1) is 6.61 Å². The molecule has 3 aromatic rings. The molecule has 0 saturated carbocycles. The van der Waals surface area contributed by atoms with E-state index in [1.807, 2.05) is 0 Å². The van der Waals surface area contributed by atoms with Gasteiger partial charge in [-0.05, 0) is 52.7 Å². The lowest BCUT2D eigenvalue weighted by atomic mass is 9.95. The van der Waals surface area contributed by atoms with Crippen molar-refractivity contribution in [1.82, 2.24) is 20.2 Å². The Morgan fingerprint density at radius 1 is 1.00 bits per heavy atom. The van der Waals surface area contributed by atoms with E-state index < -0.39 is 17.6 Å². The van der Waals surface area contributed by atoms with Gasteiger partial charge < -0.3 is 4.74 Å². The van der Waals surface area contributed by atoms with Crippen molar-refractivity contribution in [3.8, 4) is 0 Å². The summed E-state index contributed by atoms with van der Waals surface area (Å²) in [6.07, 6.45) is 1.25. The molecule has 1 heterocycles. The van der Waals surface area contributed by atoms with Crippen LogP contribution in [0, 0.1) is 11.6 Å².